The minimum Gasteiger partial charge on any atom is -0.368 e. The molecule has 2 fully saturated rings. The number of fused-ring (bicyclic) bond motifs is 2. The fourth-order valence-electron chi connectivity index (χ4n) is 4.23. The van der Waals surface area contributed by atoms with Gasteiger partial charge in [-0.2, -0.15) is 0 Å². The first-order valence-electron chi connectivity index (χ1n) is 8.57. The number of anilines is 1. The highest BCUT2D eigenvalue weighted by Gasteiger charge is 2.42. The first-order valence-corrected chi connectivity index (χ1v) is 8.57. The summed E-state index contributed by atoms with van der Waals surface area (Å²) in [6, 6.07) is 6.12. The smallest absolute Gasteiger partial charge is 0.270 e. The van der Waals surface area contributed by atoms with Gasteiger partial charge >= 0.3 is 0 Å². The Morgan fingerprint density at radius 2 is 2.05 bits per heavy atom. The lowest BCUT2D eigenvalue weighted by Crippen LogP contribution is -2.40. The topological polar surface area (TPSA) is 54.0 Å². The zero-order valence-corrected chi connectivity index (χ0v) is 13.8. The summed E-state index contributed by atoms with van der Waals surface area (Å²) in [5.74, 6) is 3.09. The maximum atomic E-state index is 12.5. The van der Waals surface area contributed by atoms with Gasteiger partial charge in [-0.3, -0.25) is 4.79 Å². The first kappa shape index (κ1) is 15.3. The molecule has 2 aliphatic rings. The van der Waals surface area contributed by atoms with E-state index in [4.69, 9.17) is 0 Å². The standard InChI is InChI=1S/C18H27N3O/c1-11(2)19-17-6-4-5-16(21-17)18(22)20-12(3)15-10-13-7-8-14(15)9-13/h4-6,11-15H,7-10H2,1-3H3,(H,19,21)(H,20,22). The van der Waals surface area contributed by atoms with Crippen molar-refractivity contribution in [3.05, 3.63) is 23.9 Å². The molecule has 2 saturated carbocycles. The summed E-state index contributed by atoms with van der Waals surface area (Å²) >= 11 is 0. The van der Waals surface area contributed by atoms with Crippen LogP contribution in [0.15, 0.2) is 18.2 Å². The first-order chi connectivity index (χ1) is 10.5. The molecule has 2 N–H and O–H groups in total. The lowest BCUT2D eigenvalue weighted by atomic mass is 9.84. The van der Waals surface area contributed by atoms with E-state index < -0.39 is 0 Å². The van der Waals surface area contributed by atoms with Crippen molar-refractivity contribution in [2.45, 2.75) is 58.5 Å². The van der Waals surface area contributed by atoms with E-state index in [0.29, 0.717) is 17.7 Å². The van der Waals surface area contributed by atoms with Crippen LogP contribution < -0.4 is 10.6 Å². The van der Waals surface area contributed by atoms with Crippen LogP contribution in [-0.2, 0) is 0 Å². The molecular formula is C18H27N3O. The maximum Gasteiger partial charge on any atom is 0.270 e. The van der Waals surface area contributed by atoms with Crippen LogP contribution in [0.1, 0.15) is 56.9 Å². The number of pyridine rings is 1. The zero-order valence-electron chi connectivity index (χ0n) is 13.8. The predicted octanol–water partition coefficient (Wildman–Crippen LogP) is 3.46. The number of carbonyl (C=O) groups excluding carboxylic acids is 1. The number of nitrogens with one attached hydrogen (secondary N) is 2. The molecule has 3 rings (SSSR count). The van der Waals surface area contributed by atoms with Crippen LogP contribution in [0, 0.1) is 17.8 Å². The third-order valence-electron chi connectivity index (χ3n) is 5.21. The van der Waals surface area contributed by atoms with Crippen molar-refractivity contribution in [3.8, 4) is 0 Å². The highest BCUT2D eigenvalue weighted by molar-refractivity contribution is 5.92. The van der Waals surface area contributed by atoms with Crippen molar-refractivity contribution in [3.63, 3.8) is 0 Å². The van der Waals surface area contributed by atoms with Gasteiger partial charge in [0.25, 0.3) is 5.91 Å². The van der Waals surface area contributed by atoms with Crippen molar-refractivity contribution in [1.82, 2.24) is 10.3 Å². The third kappa shape index (κ3) is 3.26. The van der Waals surface area contributed by atoms with Crippen molar-refractivity contribution in [2.24, 2.45) is 17.8 Å². The van der Waals surface area contributed by atoms with Crippen molar-refractivity contribution < 1.29 is 4.79 Å². The van der Waals surface area contributed by atoms with E-state index in [-0.39, 0.29) is 11.9 Å². The van der Waals surface area contributed by atoms with Gasteiger partial charge in [-0.25, -0.2) is 4.98 Å². The average molecular weight is 301 g/mol. The van der Waals surface area contributed by atoms with Crippen molar-refractivity contribution in [2.75, 3.05) is 5.32 Å². The second-order valence-electron chi connectivity index (χ2n) is 7.31. The van der Waals surface area contributed by atoms with Crippen LogP contribution in [-0.4, -0.2) is 23.0 Å². The maximum absolute atomic E-state index is 12.5. The van der Waals surface area contributed by atoms with Gasteiger partial charge < -0.3 is 10.6 Å². The van der Waals surface area contributed by atoms with E-state index in [9.17, 15) is 4.79 Å². The van der Waals surface area contributed by atoms with Crippen molar-refractivity contribution in [1.29, 1.82) is 0 Å². The van der Waals surface area contributed by atoms with Crippen LogP contribution in [0.5, 0.6) is 0 Å². The van der Waals surface area contributed by atoms with Gasteiger partial charge in [-0.1, -0.05) is 12.5 Å². The monoisotopic (exact) mass is 301 g/mol. The number of aromatic nitrogens is 1. The number of amides is 1. The predicted molar refractivity (Wildman–Crippen MR) is 88.9 cm³/mol. The van der Waals surface area contributed by atoms with Gasteiger partial charge in [0.2, 0.25) is 0 Å². The summed E-state index contributed by atoms with van der Waals surface area (Å²) in [5, 5.41) is 6.41. The second kappa shape index (κ2) is 6.27. The second-order valence-corrected chi connectivity index (χ2v) is 7.31. The van der Waals surface area contributed by atoms with Gasteiger partial charge in [0, 0.05) is 12.1 Å². The highest BCUT2D eigenvalue weighted by Crippen LogP contribution is 2.49. The van der Waals surface area contributed by atoms with E-state index in [1.54, 1.807) is 6.07 Å². The summed E-state index contributed by atoms with van der Waals surface area (Å²) < 4.78 is 0. The molecule has 0 spiro atoms. The number of nitrogens with zero attached hydrogens (tertiary/aromatic N) is 1. The molecule has 1 heterocycles. The molecule has 1 amide bonds. The molecule has 4 unspecified atom stereocenters. The Balaban J connectivity index is 1.61. The molecule has 0 radical (unpaired) electrons. The summed E-state index contributed by atoms with van der Waals surface area (Å²) in [4.78, 5) is 16.9. The molecule has 120 valence electrons. The summed E-state index contributed by atoms with van der Waals surface area (Å²) in [5.41, 5.74) is 0.501. The summed E-state index contributed by atoms with van der Waals surface area (Å²) in [6.07, 6.45) is 5.40. The Hall–Kier alpha value is -1.58. The molecule has 2 bridgehead atoms. The van der Waals surface area contributed by atoms with Crippen LogP contribution in [0.2, 0.25) is 0 Å². The Labute approximate surface area is 133 Å². The number of carbonyl (C=O) groups is 1. The lowest BCUT2D eigenvalue weighted by Gasteiger charge is -2.28. The number of hydrogen-bond donors (Lipinski definition) is 2. The minimum absolute atomic E-state index is 0.0531. The molecule has 0 aliphatic heterocycles. The fourth-order valence-corrected chi connectivity index (χ4v) is 4.23. The van der Waals surface area contributed by atoms with Crippen LogP contribution >= 0.6 is 0 Å². The molecule has 1 aromatic rings. The van der Waals surface area contributed by atoms with Gasteiger partial charge in [0.1, 0.15) is 11.5 Å². The molecule has 0 aromatic carbocycles. The molecule has 4 nitrogen and oxygen atoms in total. The average Bonchev–Trinajstić information content (AvgIpc) is 3.09. The Morgan fingerprint density at radius 3 is 2.68 bits per heavy atom. The summed E-state index contributed by atoms with van der Waals surface area (Å²) in [7, 11) is 0. The van der Waals surface area contributed by atoms with Gasteiger partial charge in [0.15, 0.2) is 0 Å². The third-order valence-corrected chi connectivity index (χ3v) is 5.21. The molecule has 1 aromatic heterocycles. The Bertz CT molecular complexity index is 543. The molecule has 4 atom stereocenters. The molecular weight excluding hydrogens is 274 g/mol. The Kier molecular flexibility index (Phi) is 4.37. The lowest BCUT2D eigenvalue weighted by molar-refractivity contribution is 0.0910. The van der Waals surface area contributed by atoms with Gasteiger partial charge in [-0.05, 0) is 69.9 Å². The van der Waals surface area contributed by atoms with E-state index >= 15 is 0 Å². The molecule has 0 saturated heterocycles. The number of rotatable bonds is 5. The van der Waals surface area contributed by atoms with E-state index in [1.165, 1.54) is 25.7 Å². The quantitative estimate of drug-likeness (QED) is 0.875. The van der Waals surface area contributed by atoms with Crippen LogP contribution in [0.3, 0.4) is 0 Å². The highest BCUT2D eigenvalue weighted by atomic mass is 16.1. The molecule has 2 aliphatic carbocycles. The fraction of sp³-hybridized carbons (Fsp3) is 0.667. The van der Waals surface area contributed by atoms with Crippen LogP contribution in [0.4, 0.5) is 5.82 Å². The van der Waals surface area contributed by atoms with Gasteiger partial charge in [-0.15, -0.1) is 0 Å². The SMILES string of the molecule is CC(C)Nc1cccc(C(=O)NC(C)C2CC3CCC2C3)n1. The van der Waals surface area contributed by atoms with E-state index in [0.717, 1.165) is 17.7 Å². The Morgan fingerprint density at radius 1 is 1.23 bits per heavy atom. The minimum atomic E-state index is -0.0531. The number of hydrogen-bond acceptors (Lipinski definition) is 3. The van der Waals surface area contributed by atoms with Crippen LogP contribution in [0.25, 0.3) is 0 Å². The van der Waals surface area contributed by atoms with Gasteiger partial charge in [0.05, 0.1) is 0 Å². The van der Waals surface area contributed by atoms with Crippen molar-refractivity contribution >= 4 is 11.7 Å². The summed E-state index contributed by atoms with van der Waals surface area (Å²) in [6.45, 7) is 6.27. The largest absolute Gasteiger partial charge is 0.368 e. The molecule has 4 heteroatoms. The zero-order chi connectivity index (χ0) is 15.7. The van der Waals surface area contributed by atoms with E-state index in [1.807, 2.05) is 12.1 Å². The normalized spacial score (nSPS) is 27.9. The van der Waals surface area contributed by atoms with E-state index in [2.05, 4.69) is 36.4 Å². The molecule has 22 heavy (non-hydrogen) atoms.